The first kappa shape index (κ1) is 16.5. The summed E-state index contributed by atoms with van der Waals surface area (Å²) in [6.45, 7) is 2.48. The molecular formula is C15H14N2NaO2P. The van der Waals surface area contributed by atoms with Gasteiger partial charge in [-0.2, -0.15) is 0 Å². The van der Waals surface area contributed by atoms with Crippen molar-refractivity contribution in [1.82, 2.24) is 9.55 Å². The van der Waals surface area contributed by atoms with Gasteiger partial charge in [0.2, 0.25) is 0 Å². The van der Waals surface area contributed by atoms with Gasteiger partial charge in [-0.05, 0) is 19.1 Å². The molecule has 4 nitrogen and oxygen atoms in total. The minimum atomic E-state index is -3.92. The number of fused-ring (bicyclic) bond motifs is 1. The van der Waals surface area contributed by atoms with E-state index in [9.17, 15) is 9.46 Å². The van der Waals surface area contributed by atoms with Crippen LogP contribution in [0.15, 0.2) is 54.6 Å². The number of benzene rings is 2. The van der Waals surface area contributed by atoms with Crippen LogP contribution < -0.4 is 45.3 Å². The van der Waals surface area contributed by atoms with Crippen LogP contribution in [-0.4, -0.2) is 9.55 Å². The first-order valence-corrected chi connectivity index (χ1v) is 8.09. The zero-order valence-corrected chi connectivity index (χ0v) is 15.0. The average Bonchev–Trinajstić information content (AvgIpc) is 2.87. The van der Waals surface area contributed by atoms with Gasteiger partial charge < -0.3 is 14.0 Å². The van der Waals surface area contributed by atoms with Gasteiger partial charge >= 0.3 is 29.6 Å². The number of hydrogen-bond donors (Lipinski definition) is 0. The Bertz CT molecular complexity index is 802. The van der Waals surface area contributed by atoms with Crippen molar-refractivity contribution in [3.05, 3.63) is 54.6 Å². The van der Waals surface area contributed by atoms with E-state index in [0.717, 1.165) is 5.52 Å². The molecule has 1 atom stereocenters. The molecule has 1 aromatic heterocycles. The molecule has 3 aromatic rings. The molecule has 6 heteroatoms. The molecule has 1 unspecified atom stereocenters. The summed E-state index contributed by atoms with van der Waals surface area (Å²) in [4.78, 5) is 17.0. The largest absolute Gasteiger partial charge is 1.00 e. The minimum absolute atomic E-state index is 0. The standard InChI is InChI=1S/C15H15N2O2P.Na/c1-2-17-14-11-7-6-10-13(14)16-15(17)20(18,19)12-8-4-3-5-9-12;/h3-11H,2H2,1H3,(H,18,19);/q;+1/p-1. The summed E-state index contributed by atoms with van der Waals surface area (Å²) in [7, 11) is -3.92. The fourth-order valence-corrected chi connectivity index (χ4v) is 3.94. The van der Waals surface area contributed by atoms with Gasteiger partial charge in [0.1, 0.15) is 7.37 Å². The van der Waals surface area contributed by atoms with Crippen molar-refractivity contribution in [2.45, 2.75) is 13.5 Å². The Morgan fingerprint density at radius 1 is 1.10 bits per heavy atom. The van der Waals surface area contributed by atoms with Crippen molar-refractivity contribution in [1.29, 1.82) is 0 Å². The molecule has 0 aliphatic rings. The molecule has 0 bridgehead atoms. The van der Waals surface area contributed by atoms with Crippen molar-refractivity contribution >= 4 is 29.3 Å². The summed E-state index contributed by atoms with van der Waals surface area (Å²) in [6, 6.07) is 15.9. The monoisotopic (exact) mass is 308 g/mol. The molecule has 0 aliphatic carbocycles. The molecule has 2 aromatic carbocycles. The number of rotatable bonds is 3. The molecule has 0 radical (unpaired) electrons. The van der Waals surface area contributed by atoms with E-state index < -0.39 is 7.37 Å². The molecule has 0 fully saturated rings. The smallest absolute Gasteiger partial charge is 0.790 e. The molecule has 0 N–H and O–H groups in total. The summed E-state index contributed by atoms with van der Waals surface area (Å²) in [5.41, 5.74) is 1.68. The summed E-state index contributed by atoms with van der Waals surface area (Å²) in [5, 5.41) is 0.296. The van der Waals surface area contributed by atoms with Gasteiger partial charge in [-0.1, -0.05) is 42.5 Å². The van der Waals surface area contributed by atoms with Crippen LogP contribution in [0.3, 0.4) is 0 Å². The summed E-state index contributed by atoms with van der Waals surface area (Å²) in [5.74, 6) is 0. The van der Waals surface area contributed by atoms with E-state index in [2.05, 4.69) is 4.98 Å². The van der Waals surface area contributed by atoms with E-state index in [1.165, 1.54) is 0 Å². The SMILES string of the molecule is CCn1c(P(=O)([O-])c2ccccc2)nc2ccccc21.[Na+]. The first-order valence-electron chi connectivity index (χ1n) is 6.47. The molecule has 0 aliphatic heterocycles. The van der Waals surface area contributed by atoms with E-state index in [4.69, 9.17) is 0 Å². The van der Waals surface area contributed by atoms with Gasteiger partial charge in [-0.25, -0.2) is 4.98 Å². The zero-order valence-electron chi connectivity index (χ0n) is 12.1. The Balaban J connectivity index is 0.00000161. The maximum atomic E-state index is 12.7. The maximum Gasteiger partial charge on any atom is 1.00 e. The second kappa shape index (κ2) is 6.47. The number of imidazole rings is 1. The molecule has 0 saturated carbocycles. The number of aromatic nitrogens is 2. The van der Waals surface area contributed by atoms with E-state index >= 15 is 0 Å². The van der Waals surface area contributed by atoms with Crippen LogP contribution in [0.2, 0.25) is 0 Å². The Kier molecular flexibility index (Phi) is 5.07. The molecule has 0 amide bonds. The predicted molar refractivity (Wildman–Crippen MR) is 78.7 cm³/mol. The molecule has 21 heavy (non-hydrogen) atoms. The quantitative estimate of drug-likeness (QED) is 0.444. The van der Waals surface area contributed by atoms with E-state index in [0.29, 0.717) is 17.4 Å². The minimum Gasteiger partial charge on any atom is -0.790 e. The third-order valence-corrected chi connectivity index (χ3v) is 5.16. The van der Waals surface area contributed by atoms with Gasteiger partial charge in [0.25, 0.3) is 0 Å². The van der Waals surface area contributed by atoms with Crippen LogP contribution in [0.1, 0.15) is 6.92 Å². The Labute approximate surface area is 145 Å². The van der Waals surface area contributed by atoms with Crippen LogP contribution in [0.4, 0.5) is 0 Å². The fourth-order valence-electron chi connectivity index (χ4n) is 2.34. The molecule has 102 valence electrons. The summed E-state index contributed by atoms with van der Waals surface area (Å²) < 4.78 is 14.5. The van der Waals surface area contributed by atoms with E-state index in [1.54, 1.807) is 34.9 Å². The molecular weight excluding hydrogens is 294 g/mol. The van der Waals surface area contributed by atoms with Crippen molar-refractivity contribution in [3.63, 3.8) is 0 Å². The number of para-hydroxylation sites is 2. The molecule has 1 heterocycles. The maximum absolute atomic E-state index is 12.7. The van der Waals surface area contributed by atoms with Crippen molar-refractivity contribution in [2.75, 3.05) is 0 Å². The Hall–Kier alpha value is -0.900. The second-order valence-electron chi connectivity index (χ2n) is 4.53. The number of nitrogens with zero attached hydrogens (tertiary/aromatic N) is 2. The van der Waals surface area contributed by atoms with Crippen LogP contribution in [-0.2, 0) is 11.1 Å². The van der Waals surface area contributed by atoms with Crippen LogP contribution in [0.25, 0.3) is 11.0 Å². The van der Waals surface area contributed by atoms with Crippen LogP contribution in [0, 0.1) is 0 Å². The van der Waals surface area contributed by atoms with Gasteiger partial charge in [0.05, 0.1) is 11.0 Å². The third-order valence-electron chi connectivity index (χ3n) is 3.31. The second-order valence-corrected chi connectivity index (χ2v) is 6.55. The topological polar surface area (TPSA) is 58.0 Å². The Morgan fingerprint density at radius 3 is 2.38 bits per heavy atom. The fraction of sp³-hybridized carbons (Fsp3) is 0.133. The normalized spacial score (nSPS) is 13.6. The summed E-state index contributed by atoms with van der Waals surface area (Å²) in [6.07, 6.45) is 0. The Morgan fingerprint density at radius 2 is 1.71 bits per heavy atom. The average molecular weight is 308 g/mol. The van der Waals surface area contributed by atoms with Crippen molar-refractivity contribution < 1.29 is 39.0 Å². The molecule has 3 rings (SSSR count). The van der Waals surface area contributed by atoms with Crippen molar-refractivity contribution in [3.8, 4) is 0 Å². The third kappa shape index (κ3) is 2.87. The van der Waals surface area contributed by atoms with Crippen molar-refractivity contribution in [2.24, 2.45) is 0 Å². The first-order chi connectivity index (χ1) is 9.64. The van der Waals surface area contributed by atoms with E-state index in [1.807, 2.05) is 31.2 Å². The van der Waals surface area contributed by atoms with Gasteiger partial charge in [0, 0.05) is 11.8 Å². The van der Waals surface area contributed by atoms with Gasteiger partial charge in [-0.3, -0.25) is 0 Å². The number of aryl methyl sites for hydroxylation is 1. The van der Waals surface area contributed by atoms with Crippen LogP contribution >= 0.6 is 7.37 Å². The predicted octanol–water partition coefficient (Wildman–Crippen LogP) is -1.35. The molecule has 0 spiro atoms. The summed E-state index contributed by atoms with van der Waals surface area (Å²) >= 11 is 0. The van der Waals surface area contributed by atoms with Gasteiger partial charge in [0.15, 0.2) is 5.57 Å². The zero-order chi connectivity index (χ0) is 14.2. The number of hydrogen-bond acceptors (Lipinski definition) is 3. The molecule has 0 saturated heterocycles. The van der Waals surface area contributed by atoms with E-state index in [-0.39, 0.29) is 35.1 Å². The van der Waals surface area contributed by atoms with Gasteiger partial charge in [-0.15, -0.1) is 0 Å². The van der Waals surface area contributed by atoms with Crippen LogP contribution in [0.5, 0.6) is 0 Å².